The van der Waals surface area contributed by atoms with Crippen LogP contribution in [0.5, 0.6) is 11.6 Å². The molecular formula is C36H39NO6. The van der Waals surface area contributed by atoms with E-state index in [-0.39, 0.29) is 12.8 Å². The molecule has 4 aromatic rings. The Kier molecular flexibility index (Phi) is 12.2. The molecule has 0 unspecified atom stereocenters. The number of hydrogen-bond donors (Lipinski definition) is 2. The van der Waals surface area contributed by atoms with E-state index in [4.69, 9.17) is 19.6 Å². The lowest BCUT2D eigenvalue weighted by Crippen LogP contribution is -2.04. The highest BCUT2D eigenvalue weighted by Crippen LogP contribution is 2.29. The maximum Gasteiger partial charge on any atom is 0.303 e. The van der Waals surface area contributed by atoms with Gasteiger partial charge in [-0.2, -0.15) is 0 Å². The Morgan fingerprint density at radius 1 is 0.581 bits per heavy atom. The minimum Gasteiger partial charge on any atom is -0.494 e. The predicted molar refractivity (Wildman–Crippen MR) is 168 cm³/mol. The molecule has 0 aliphatic carbocycles. The first-order chi connectivity index (χ1) is 21.0. The normalized spacial score (nSPS) is 10.8. The van der Waals surface area contributed by atoms with E-state index in [1.165, 1.54) is 0 Å². The van der Waals surface area contributed by atoms with E-state index in [0.717, 1.165) is 65.6 Å². The zero-order valence-electron chi connectivity index (χ0n) is 24.4. The quantitative estimate of drug-likeness (QED) is 0.115. The number of carbonyl (C=O) groups is 2. The standard InChI is InChI=1S/C36H39NO6/c38-35(39)17-11-23-42-32-20-18-28(30(24-32)19-21-36(40)41)14-5-1-2-10-22-43-34-26-31(27-12-6-3-7-13-27)25-33(37-34)29-15-8-4-9-16-29/h3-4,6-9,12-13,15-16,18,20,24-26H,1-2,5,10-11,14,17,19,21-23H2,(H,38,39)(H,40,41). The number of carboxylic acid groups (broad SMARTS) is 2. The SMILES string of the molecule is O=C(O)CCCOc1ccc(CCCCCCOc2cc(-c3ccccc3)cc(-c3ccccc3)n2)c(CCC(=O)O)c1. The molecule has 7 nitrogen and oxygen atoms in total. The molecular weight excluding hydrogens is 542 g/mol. The van der Waals surface area contributed by atoms with Crippen molar-refractivity contribution in [3.05, 3.63) is 102 Å². The fourth-order valence-corrected chi connectivity index (χ4v) is 4.90. The Morgan fingerprint density at radius 2 is 1.26 bits per heavy atom. The second-order valence-corrected chi connectivity index (χ2v) is 10.5. The van der Waals surface area contributed by atoms with Gasteiger partial charge in [-0.1, -0.05) is 79.6 Å². The number of benzene rings is 3. The first-order valence-corrected chi connectivity index (χ1v) is 14.9. The summed E-state index contributed by atoms with van der Waals surface area (Å²) in [6.07, 6.45) is 5.76. The number of aromatic nitrogens is 1. The van der Waals surface area contributed by atoms with Gasteiger partial charge in [-0.05, 0) is 72.6 Å². The molecule has 0 bridgehead atoms. The van der Waals surface area contributed by atoms with Gasteiger partial charge in [0.2, 0.25) is 5.88 Å². The summed E-state index contributed by atoms with van der Waals surface area (Å²) in [6.45, 7) is 0.892. The van der Waals surface area contributed by atoms with Crippen molar-refractivity contribution >= 4 is 11.9 Å². The van der Waals surface area contributed by atoms with Gasteiger partial charge in [-0.3, -0.25) is 9.59 Å². The number of rotatable bonds is 18. The van der Waals surface area contributed by atoms with E-state index >= 15 is 0 Å². The van der Waals surface area contributed by atoms with Crippen LogP contribution < -0.4 is 9.47 Å². The summed E-state index contributed by atoms with van der Waals surface area (Å²) in [5.74, 6) is -0.419. The number of carboxylic acids is 2. The van der Waals surface area contributed by atoms with Gasteiger partial charge in [0.1, 0.15) is 5.75 Å². The number of unbranched alkanes of at least 4 members (excludes halogenated alkanes) is 3. The predicted octanol–water partition coefficient (Wildman–Crippen LogP) is 7.86. The maximum atomic E-state index is 11.2. The smallest absolute Gasteiger partial charge is 0.303 e. The van der Waals surface area contributed by atoms with Gasteiger partial charge in [0, 0.05) is 24.5 Å². The average molecular weight is 582 g/mol. The molecule has 1 heterocycles. The van der Waals surface area contributed by atoms with E-state index in [9.17, 15) is 14.7 Å². The van der Waals surface area contributed by atoms with Crippen LogP contribution in [0.2, 0.25) is 0 Å². The molecule has 0 atom stereocenters. The van der Waals surface area contributed by atoms with Crippen molar-refractivity contribution in [1.29, 1.82) is 0 Å². The number of hydrogen-bond acceptors (Lipinski definition) is 5. The van der Waals surface area contributed by atoms with Crippen LogP contribution in [0.4, 0.5) is 0 Å². The summed E-state index contributed by atoms with van der Waals surface area (Å²) in [5, 5.41) is 18.0. The molecule has 4 rings (SSSR count). The molecule has 3 aromatic carbocycles. The molecule has 7 heteroatoms. The Labute approximate surface area is 253 Å². The lowest BCUT2D eigenvalue weighted by Gasteiger charge is -2.13. The number of ether oxygens (including phenoxy) is 2. The summed E-state index contributed by atoms with van der Waals surface area (Å²) < 4.78 is 11.8. The topological polar surface area (TPSA) is 106 Å². The van der Waals surface area contributed by atoms with Gasteiger partial charge >= 0.3 is 11.9 Å². The molecule has 0 spiro atoms. The van der Waals surface area contributed by atoms with Crippen molar-refractivity contribution < 1.29 is 29.3 Å². The molecule has 43 heavy (non-hydrogen) atoms. The van der Waals surface area contributed by atoms with Crippen molar-refractivity contribution in [2.45, 2.75) is 57.8 Å². The highest BCUT2D eigenvalue weighted by molar-refractivity contribution is 5.71. The number of aliphatic carboxylic acids is 2. The number of pyridine rings is 1. The molecule has 1 aromatic heterocycles. The van der Waals surface area contributed by atoms with Gasteiger partial charge in [-0.15, -0.1) is 0 Å². The molecule has 0 aliphatic rings. The third kappa shape index (κ3) is 10.6. The van der Waals surface area contributed by atoms with Crippen LogP contribution in [-0.4, -0.2) is 40.3 Å². The monoisotopic (exact) mass is 581 g/mol. The van der Waals surface area contributed by atoms with Crippen LogP contribution in [-0.2, 0) is 22.4 Å². The van der Waals surface area contributed by atoms with Crippen molar-refractivity contribution in [1.82, 2.24) is 4.98 Å². The fourth-order valence-electron chi connectivity index (χ4n) is 4.90. The van der Waals surface area contributed by atoms with E-state index in [0.29, 0.717) is 37.7 Å². The van der Waals surface area contributed by atoms with E-state index in [1.807, 2.05) is 60.7 Å². The van der Waals surface area contributed by atoms with Crippen LogP contribution in [0.1, 0.15) is 56.1 Å². The highest BCUT2D eigenvalue weighted by Gasteiger charge is 2.10. The van der Waals surface area contributed by atoms with Crippen LogP contribution in [0.25, 0.3) is 22.4 Å². The summed E-state index contributed by atoms with van der Waals surface area (Å²) in [7, 11) is 0. The molecule has 0 fully saturated rings. The van der Waals surface area contributed by atoms with Crippen molar-refractivity contribution in [2.24, 2.45) is 0 Å². The average Bonchev–Trinajstić information content (AvgIpc) is 3.03. The largest absolute Gasteiger partial charge is 0.494 e. The van der Waals surface area contributed by atoms with Crippen LogP contribution in [0.3, 0.4) is 0 Å². The molecule has 2 N–H and O–H groups in total. The first-order valence-electron chi connectivity index (χ1n) is 14.9. The minimum atomic E-state index is -0.848. The van der Waals surface area contributed by atoms with E-state index < -0.39 is 11.9 Å². The molecule has 0 amide bonds. The fraction of sp³-hybridized carbons (Fsp3) is 0.306. The second kappa shape index (κ2) is 16.7. The third-order valence-electron chi connectivity index (χ3n) is 7.16. The lowest BCUT2D eigenvalue weighted by atomic mass is 9.97. The second-order valence-electron chi connectivity index (χ2n) is 10.5. The van der Waals surface area contributed by atoms with Crippen molar-refractivity contribution in [2.75, 3.05) is 13.2 Å². The van der Waals surface area contributed by atoms with Gasteiger partial charge in [0.25, 0.3) is 0 Å². The van der Waals surface area contributed by atoms with E-state index in [2.05, 4.69) is 30.3 Å². The first kappa shape index (κ1) is 31.3. The Hall–Kier alpha value is -4.65. The highest BCUT2D eigenvalue weighted by atomic mass is 16.5. The minimum absolute atomic E-state index is 0.0539. The number of nitrogens with zero attached hydrogens (tertiary/aromatic N) is 1. The van der Waals surface area contributed by atoms with Crippen molar-refractivity contribution in [3.8, 4) is 34.0 Å². The zero-order chi connectivity index (χ0) is 30.3. The van der Waals surface area contributed by atoms with Gasteiger partial charge < -0.3 is 19.7 Å². The summed E-state index contributed by atoms with van der Waals surface area (Å²) in [5.41, 5.74) is 6.22. The third-order valence-corrected chi connectivity index (χ3v) is 7.16. The van der Waals surface area contributed by atoms with Crippen LogP contribution in [0, 0.1) is 0 Å². The molecule has 0 saturated heterocycles. The summed E-state index contributed by atoms with van der Waals surface area (Å²) in [4.78, 5) is 26.7. The molecule has 0 saturated carbocycles. The van der Waals surface area contributed by atoms with E-state index in [1.54, 1.807) is 0 Å². The lowest BCUT2D eigenvalue weighted by molar-refractivity contribution is -0.138. The Bertz CT molecular complexity index is 1400. The van der Waals surface area contributed by atoms with Crippen LogP contribution in [0.15, 0.2) is 91.0 Å². The molecule has 0 aliphatic heterocycles. The Balaban J connectivity index is 1.27. The molecule has 224 valence electrons. The summed E-state index contributed by atoms with van der Waals surface area (Å²) in [6, 6.07) is 30.2. The van der Waals surface area contributed by atoms with Gasteiger partial charge in [-0.25, -0.2) is 4.98 Å². The number of aryl methyl sites for hydroxylation is 2. The van der Waals surface area contributed by atoms with Gasteiger partial charge in [0.05, 0.1) is 18.9 Å². The zero-order valence-corrected chi connectivity index (χ0v) is 24.4. The van der Waals surface area contributed by atoms with Gasteiger partial charge in [0.15, 0.2) is 0 Å². The maximum absolute atomic E-state index is 11.2. The van der Waals surface area contributed by atoms with Crippen molar-refractivity contribution in [3.63, 3.8) is 0 Å². The Morgan fingerprint density at radius 3 is 1.98 bits per heavy atom. The summed E-state index contributed by atoms with van der Waals surface area (Å²) >= 11 is 0. The molecule has 0 radical (unpaired) electrons. The van der Waals surface area contributed by atoms with Crippen LogP contribution >= 0.6 is 0 Å².